The minimum Gasteiger partial charge on any atom is -0.356 e. The fourth-order valence-corrected chi connectivity index (χ4v) is 2.54. The van der Waals surface area contributed by atoms with E-state index >= 15 is 0 Å². The third-order valence-electron chi connectivity index (χ3n) is 3.99. The van der Waals surface area contributed by atoms with Gasteiger partial charge in [-0.1, -0.05) is 47.5 Å². The highest BCUT2D eigenvalue weighted by atomic mass is 127. The number of aliphatic imine (C=N–C) groups is 1. The van der Waals surface area contributed by atoms with Crippen molar-refractivity contribution in [3.8, 4) is 0 Å². The Hall–Kier alpha value is -1.80. The van der Waals surface area contributed by atoms with Gasteiger partial charge in [0.05, 0.1) is 0 Å². The second-order valence-corrected chi connectivity index (χ2v) is 6.46. The van der Waals surface area contributed by atoms with E-state index in [9.17, 15) is 4.79 Å². The molecule has 0 bridgehead atoms. The molecule has 0 aromatic heterocycles. The topological polar surface area (TPSA) is 65.5 Å². The summed E-state index contributed by atoms with van der Waals surface area (Å²) in [6.45, 7) is 5.10. The predicted molar refractivity (Wildman–Crippen MR) is 124 cm³/mol. The van der Waals surface area contributed by atoms with Crippen LogP contribution >= 0.6 is 35.6 Å². The Kier molecular flexibility index (Phi) is 10.2. The van der Waals surface area contributed by atoms with E-state index in [0.717, 1.165) is 11.3 Å². The molecule has 146 valence electrons. The van der Waals surface area contributed by atoms with Crippen LogP contribution in [0.25, 0.3) is 0 Å². The number of carbonyl (C=O) groups is 1. The van der Waals surface area contributed by atoms with E-state index in [1.54, 1.807) is 13.1 Å². The number of carbonyl (C=O) groups excluding carboxylic acids is 1. The zero-order valence-electron chi connectivity index (χ0n) is 15.8. The third-order valence-corrected chi connectivity index (χ3v) is 4.40. The first-order valence-electron chi connectivity index (χ1n) is 8.54. The summed E-state index contributed by atoms with van der Waals surface area (Å²) in [7, 11) is 1.71. The molecule has 0 atom stereocenters. The van der Waals surface area contributed by atoms with Crippen molar-refractivity contribution < 1.29 is 4.79 Å². The summed E-state index contributed by atoms with van der Waals surface area (Å²) in [4.78, 5) is 16.3. The van der Waals surface area contributed by atoms with Crippen molar-refractivity contribution in [1.29, 1.82) is 0 Å². The number of guanidine groups is 1. The number of halogens is 2. The maximum atomic E-state index is 12.1. The van der Waals surface area contributed by atoms with E-state index in [0.29, 0.717) is 30.5 Å². The highest BCUT2D eigenvalue weighted by molar-refractivity contribution is 14.0. The number of nitrogens with zero attached hydrogens (tertiary/aromatic N) is 1. The normalized spacial score (nSPS) is 10.7. The molecular formula is C20H26ClIN4O. The van der Waals surface area contributed by atoms with Crippen molar-refractivity contribution in [3.05, 3.63) is 64.2 Å². The van der Waals surface area contributed by atoms with Crippen molar-refractivity contribution in [2.24, 2.45) is 4.99 Å². The largest absolute Gasteiger partial charge is 0.356 e. The van der Waals surface area contributed by atoms with Gasteiger partial charge in [-0.05, 0) is 37.1 Å². The van der Waals surface area contributed by atoms with Gasteiger partial charge in [0.15, 0.2) is 5.96 Å². The highest BCUT2D eigenvalue weighted by Crippen LogP contribution is 2.22. The van der Waals surface area contributed by atoms with Crippen LogP contribution in [0.15, 0.2) is 47.5 Å². The van der Waals surface area contributed by atoms with Gasteiger partial charge in [-0.2, -0.15) is 0 Å². The molecule has 2 rings (SSSR count). The zero-order valence-corrected chi connectivity index (χ0v) is 18.9. The number of aryl methyl sites for hydroxylation is 1. The second kappa shape index (κ2) is 11.8. The molecule has 3 N–H and O–H groups in total. The summed E-state index contributed by atoms with van der Waals surface area (Å²) in [6, 6.07) is 13.8. The van der Waals surface area contributed by atoms with Crippen LogP contribution < -0.4 is 16.0 Å². The average Bonchev–Trinajstić information content (AvgIpc) is 2.63. The Morgan fingerprint density at radius 1 is 1.07 bits per heavy atom. The van der Waals surface area contributed by atoms with Crippen LogP contribution in [0, 0.1) is 13.8 Å². The van der Waals surface area contributed by atoms with Crippen molar-refractivity contribution in [2.75, 3.05) is 18.9 Å². The molecule has 27 heavy (non-hydrogen) atoms. The number of nitrogens with one attached hydrogen (secondary N) is 3. The van der Waals surface area contributed by atoms with Crippen molar-refractivity contribution >= 4 is 53.1 Å². The first-order chi connectivity index (χ1) is 12.5. The lowest BCUT2D eigenvalue weighted by atomic mass is 10.1. The summed E-state index contributed by atoms with van der Waals surface area (Å²) in [5.41, 5.74) is 4.01. The predicted octanol–water partition coefficient (Wildman–Crippen LogP) is 4.27. The number of benzene rings is 2. The Bertz CT molecular complexity index is 778. The average molecular weight is 501 g/mol. The Balaban J connectivity index is 0.00000364. The maximum absolute atomic E-state index is 12.1. The monoisotopic (exact) mass is 500 g/mol. The summed E-state index contributed by atoms with van der Waals surface area (Å²) in [5, 5.41) is 9.90. The fourth-order valence-electron chi connectivity index (χ4n) is 2.36. The molecule has 0 saturated carbocycles. The van der Waals surface area contributed by atoms with Crippen LogP contribution in [-0.2, 0) is 11.3 Å². The lowest BCUT2D eigenvalue weighted by molar-refractivity contribution is -0.116. The van der Waals surface area contributed by atoms with Crippen LogP contribution in [0.2, 0.25) is 5.02 Å². The first kappa shape index (κ1) is 23.2. The summed E-state index contributed by atoms with van der Waals surface area (Å²) >= 11 is 6.07. The molecule has 0 unspecified atom stereocenters. The standard InChI is InChI=1S/C20H25ClN4O.HI/c1-14-7-9-16(10-8-14)13-24-20(22-3)23-12-11-19(26)25-18-6-4-5-17(21)15(18)2;/h4-10H,11-13H2,1-3H3,(H,25,26)(H2,22,23,24);1H. The molecule has 0 aliphatic heterocycles. The van der Waals surface area contributed by atoms with Gasteiger partial charge in [-0.25, -0.2) is 0 Å². The van der Waals surface area contributed by atoms with Crippen molar-refractivity contribution in [2.45, 2.75) is 26.8 Å². The van der Waals surface area contributed by atoms with E-state index in [2.05, 4.69) is 52.1 Å². The molecular weight excluding hydrogens is 475 g/mol. The molecule has 0 spiro atoms. The minimum atomic E-state index is -0.0724. The van der Waals surface area contributed by atoms with E-state index in [4.69, 9.17) is 11.6 Å². The van der Waals surface area contributed by atoms with Gasteiger partial charge in [-0.3, -0.25) is 9.79 Å². The molecule has 0 saturated heterocycles. The third kappa shape index (κ3) is 7.76. The fraction of sp³-hybridized carbons (Fsp3) is 0.300. The van der Waals surface area contributed by atoms with Gasteiger partial charge in [0.25, 0.3) is 0 Å². The van der Waals surface area contributed by atoms with Crippen LogP contribution in [0.1, 0.15) is 23.1 Å². The molecule has 0 aliphatic rings. The van der Waals surface area contributed by atoms with Gasteiger partial charge in [0, 0.05) is 37.3 Å². The van der Waals surface area contributed by atoms with Crippen LogP contribution in [0.3, 0.4) is 0 Å². The maximum Gasteiger partial charge on any atom is 0.226 e. The minimum absolute atomic E-state index is 0. The second-order valence-electron chi connectivity index (χ2n) is 6.05. The first-order valence-corrected chi connectivity index (χ1v) is 8.92. The van der Waals surface area contributed by atoms with Crippen molar-refractivity contribution in [3.63, 3.8) is 0 Å². The van der Waals surface area contributed by atoms with Crippen LogP contribution in [0.5, 0.6) is 0 Å². The van der Waals surface area contributed by atoms with Gasteiger partial charge < -0.3 is 16.0 Å². The summed E-state index contributed by atoms with van der Waals surface area (Å²) < 4.78 is 0. The Morgan fingerprint density at radius 3 is 2.44 bits per heavy atom. The number of anilines is 1. The van der Waals surface area contributed by atoms with E-state index < -0.39 is 0 Å². The van der Waals surface area contributed by atoms with E-state index in [-0.39, 0.29) is 29.9 Å². The van der Waals surface area contributed by atoms with Crippen LogP contribution in [0.4, 0.5) is 5.69 Å². The lowest BCUT2D eigenvalue weighted by Gasteiger charge is -2.13. The number of hydrogen-bond acceptors (Lipinski definition) is 2. The molecule has 0 radical (unpaired) electrons. The number of hydrogen-bond donors (Lipinski definition) is 3. The SMILES string of the molecule is CN=C(NCCC(=O)Nc1cccc(Cl)c1C)NCc1ccc(C)cc1.I. The number of rotatable bonds is 6. The molecule has 2 aromatic carbocycles. The summed E-state index contributed by atoms with van der Waals surface area (Å²) in [6.07, 6.45) is 0.331. The Morgan fingerprint density at radius 2 is 1.78 bits per heavy atom. The molecule has 0 heterocycles. The van der Waals surface area contributed by atoms with Gasteiger partial charge in [-0.15, -0.1) is 24.0 Å². The number of amides is 1. The molecule has 7 heteroatoms. The van der Waals surface area contributed by atoms with Gasteiger partial charge in [0.1, 0.15) is 0 Å². The molecule has 0 fully saturated rings. The molecule has 5 nitrogen and oxygen atoms in total. The highest BCUT2D eigenvalue weighted by Gasteiger charge is 2.07. The van der Waals surface area contributed by atoms with Crippen LogP contribution in [-0.4, -0.2) is 25.5 Å². The van der Waals surface area contributed by atoms with Gasteiger partial charge >= 0.3 is 0 Å². The van der Waals surface area contributed by atoms with E-state index in [1.807, 2.05) is 19.1 Å². The van der Waals surface area contributed by atoms with Gasteiger partial charge in [0.2, 0.25) is 5.91 Å². The quantitative estimate of drug-likeness (QED) is 0.315. The van der Waals surface area contributed by atoms with E-state index in [1.165, 1.54) is 11.1 Å². The zero-order chi connectivity index (χ0) is 18.9. The summed E-state index contributed by atoms with van der Waals surface area (Å²) in [5.74, 6) is 0.592. The Labute approximate surface area is 183 Å². The molecule has 0 aliphatic carbocycles. The smallest absolute Gasteiger partial charge is 0.226 e. The lowest BCUT2D eigenvalue weighted by Crippen LogP contribution is -2.38. The van der Waals surface area contributed by atoms with Crippen molar-refractivity contribution in [1.82, 2.24) is 10.6 Å². The molecule has 2 aromatic rings. The molecule has 1 amide bonds.